The fourth-order valence-electron chi connectivity index (χ4n) is 6.51. The van der Waals surface area contributed by atoms with Crippen molar-refractivity contribution in [3.63, 3.8) is 0 Å². The molecule has 0 aromatic carbocycles. The summed E-state index contributed by atoms with van der Waals surface area (Å²) in [6.07, 6.45) is 4.64. The predicted octanol–water partition coefficient (Wildman–Crippen LogP) is 6.69. The molecule has 5 nitrogen and oxygen atoms in total. The number of aromatic nitrogens is 2. The standard InChI is InChI=1S/C28H31ClF3N3O2/c1-3-15(17-7-18-9-19(18)8-17)6-21-11-22(21)34(13-14(2)36)27(37)26-25(29)23-10-20(16-4-5-16)12-24(28(30,31)32)35(23)33-26/h9-10,12,15-18,21-22H,3-8,11,13H2,1-2H3. The Labute approximate surface area is 219 Å². The lowest BCUT2D eigenvalue weighted by molar-refractivity contribution is -0.142. The number of alkyl halides is 3. The van der Waals surface area contributed by atoms with Crippen LogP contribution in [0.4, 0.5) is 13.2 Å². The lowest BCUT2D eigenvalue weighted by Gasteiger charge is -2.25. The van der Waals surface area contributed by atoms with Crippen molar-refractivity contribution in [2.75, 3.05) is 6.54 Å². The lowest BCUT2D eigenvalue weighted by atomic mass is 9.83. The second-order valence-electron chi connectivity index (χ2n) is 11.6. The molecular weight excluding hydrogens is 503 g/mol. The molecule has 5 atom stereocenters. The fourth-order valence-corrected chi connectivity index (χ4v) is 6.77. The topological polar surface area (TPSA) is 54.7 Å². The molecule has 5 unspecified atom stereocenters. The molecule has 2 heterocycles. The number of pyridine rings is 1. The highest BCUT2D eigenvalue weighted by atomic mass is 35.5. The van der Waals surface area contributed by atoms with Crippen molar-refractivity contribution < 1.29 is 22.8 Å². The minimum atomic E-state index is -4.65. The smallest absolute Gasteiger partial charge is 0.327 e. The number of carbonyl (C=O) groups is 2. The number of rotatable bonds is 9. The first-order valence-corrected chi connectivity index (χ1v) is 13.7. The lowest BCUT2D eigenvalue weighted by Crippen LogP contribution is -2.38. The summed E-state index contributed by atoms with van der Waals surface area (Å²) >= 11 is 6.54. The van der Waals surface area contributed by atoms with E-state index in [0.29, 0.717) is 23.3 Å². The minimum absolute atomic E-state index is 0.0752. The van der Waals surface area contributed by atoms with Gasteiger partial charge >= 0.3 is 6.18 Å². The van der Waals surface area contributed by atoms with Gasteiger partial charge in [-0.15, -0.1) is 0 Å². The molecule has 0 radical (unpaired) electrons. The summed E-state index contributed by atoms with van der Waals surface area (Å²) in [7, 11) is 0. The first kappa shape index (κ1) is 25.0. The molecule has 0 N–H and O–H groups in total. The van der Waals surface area contributed by atoms with Gasteiger partial charge in [-0.3, -0.25) is 9.59 Å². The van der Waals surface area contributed by atoms with E-state index < -0.39 is 17.8 Å². The van der Waals surface area contributed by atoms with Crippen LogP contribution in [-0.4, -0.2) is 38.8 Å². The van der Waals surface area contributed by atoms with Crippen LogP contribution in [0.1, 0.15) is 86.5 Å². The van der Waals surface area contributed by atoms with Gasteiger partial charge in [0.25, 0.3) is 5.91 Å². The molecule has 4 aliphatic carbocycles. The van der Waals surface area contributed by atoms with Gasteiger partial charge in [-0.2, -0.15) is 18.3 Å². The summed E-state index contributed by atoms with van der Waals surface area (Å²) in [6.45, 7) is 3.53. The SMILES string of the molecule is CCC(CC1CC1N(CC(C)=O)C(=O)c1nn2c(C(F)(F)F)cc(C3CC3)cc2c1Cl)C1CC2=CC2C1. The predicted molar refractivity (Wildman–Crippen MR) is 133 cm³/mol. The molecule has 1 amide bonds. The third kappa shape index (κ3) is 4.70. The van der Waals surface area contributed by atoms with Gasteiger partial charge in [0, 0.05) is 6.04 Å². The average Bonchev–Trinajstić information content (AvgIpc) is 3.78. The summed E-state index contributed by atoms with van der Waals surface area (Å²) in [6, 6.07) is 2.60. The molecular formula is C28H31ClF3N3O2. The van der Waals surface area contributed by atoms with E-state index in [4.69, 9.17) is 11.6 Å². The van der Waals surface area contributed by atoms with Crippen LogP contribution in [-0.2, 0) is 11.0 Å². The number of Topliss-reactive ketones (excluding diaryl/α,β-unsaturated/α-hetero) is 1. The van der Waals surface area contributed by atoms with Gasteiger partial charge in [0.1, 0.15) is 11.5 Å². The van der Waals surface area contributed by atoms with Crippen LogP contribution in [0.2, 0.25) is 5.02 Å². The largest absolute Gasteiger partial charge is 0.433 e. The van der Waals surface area contributed by atoms with Crippen molar-refractivity contribution in [1.82, 2.24) is 14.5 Å². The Morgan fingerprint density at radius 3 is 2.59 bits per heavy atom. The molecule has 37 heavy (non-hydrogen) atoms. The number of fused-ring (bicyclic) bond motifs is 2. The van der Waals surface area contributed by atoms with Gasteiger partial charge in [0.2, 0.25) is 0 Å². The Kier molecular flexibility index (Phi) is 5.97. The highest BCUT2D eigenvalue weighted by Gasteiger charge is 2.48. The second-order valence-corrected chi connectivity index (χ2v) is 11.9. The number of amides is 1. The number of ketones is 1. The number of hydrogen-bond donors (Lipinski definition) is 0. The van der Waals surface area contributed by atoms with Gasteiger partial charge < -0.3 is 4.90 Å². The first-order valence-electron chi connectivity index (χ1n) is 13.4. The zero-order valence-corrected chi connectivity index (χ0v) is 21.8. The number of allylic oxidation sites excluding steroid dienone is 2. The maximum atomic E-state index is 13.9. The van der Waals surface area contributed by atoms with Crippen LogP contribution < -0.4 is 0 Å². The van der Waals surface area contributed by atoms with Gasteiger partial charge in [-0.1, -0.05) is 36.6 Å². The van der Waals surface area contributed by atoms with Gasteiger partial charge in [0.15, 0.2) is 5.69 Å². The summed E-state index contributed by atoms with van der Waals surface area (Å²) in [4.78, 5) is 27.3. The minimum Gasteiger partial charge on any atom is -0.327 e. The van der Waals surface area contributed by atoms with E-state index in [1.54, 1.807) is 11.6 Å². The van der Waals surface area contributed by atoms with Crippen molar-refractivity contribution >= 4 is 28.8 Å². The summed E-state index contributed by atoms with van der Waals surface area (Å²) in [5.74, 6) is 1.57. The zero-order valence-electron chi connectivity index (χ0n) is 21.0. The molecule has 2 aromatic heterocycles. The normalized spacial score (nSPS) is 27.1. The van der Waals surface area contributed by atoms with Crippen LogP contribution >= 0.6 is 11.6 Å². The van der Waals surface area contributed by atoms with Crippen molar-refractivity contribution in [2.45, 2.75) is 76.9 Å². The highest BCUT2D eigenvalue weighted by Crippen LogP contribution is 2.53. The van der Waals surface area contributed by atoms with Crippen molar-refractivity contribution in [3.05, 3.63) is 45.8 Å². The van der Waals surface area contributed by atoms with Crippen molar-refractivity contribution in [1.29, 1.82) is 0 Å². The quantitative estimate of drug-likeness (QED) is 0.338. The summed E-state index contributed by atoms with van der Waals surface area (Å²) in [5.41, 5.74) is 1.08. The zero-order chi connectivity index (χ0) is 26.2. The summed E-state index contributed by atoms with van der Waals surface area (Å²) < 4.78 is 42.5. The average molecular weight is 534 g/mol. The van der Waals surface area contributed by atoms with Crippen molar-refractivity contribution in [2.24, 2.45) is 23.7 Å². The Hall–Kier alpha value is -2.35. The molecule has 3 saturated carbocycles. The Morgan fingerprint density at radius 2 is 2.00 bits per heavy atom. The van der Waals surface area contributed by atoms with E-state index in [1.807, 2.05) is 0 Å². The van der Waals surface area contributed by atoms with Crippen molar-refractivity contribution in [3.8, 4) is 0 Å². The summed E-state index contributed by atoms with van der Waals surface area (Å²) in [5, 5.41) is 3.98. The van der Waals surface area contributed by atoms with E-state index >= 15 is 0 Å². The first-order chi connectivity index (χ1) is 17.5. The Morgan fingerprint density at radius 1 is 1.24 bits per heavy atom. The fraction of sp³-hybridized carbons (Fsp3) is 0.607. The van der Waals surface area contributed by atoms with Crippen LogP contribution in [0.3, 0.4) is 0 Å². The van der Waals surface area contributed by atoms with E-state index in [-0.39, 0.29) is 46.4 Å². The Balaban J connectivity index is 1.27. The highest BCUT2D eigenvalue weighted by molar-refractivity contribution is 6.36. The van der Waals surface area contributed by atoms with Gasteiger partial charge in [-0.25, -0.2) is 4.52 Å². The molecule has 6 rings (SSSR count). The Bertz CT molecular complexity index is 1310. The van der Waals surface area contributed by atoms with E-state index in [2.05, 4.69) is 18.1 Å². The van der Waals surface area contributed by atoms with E-state index in [1.165, 1.54) is 24.7 Å². The van der Waals surface area contributed by atoms with Crippen LogP contribution in [0.5, 0.6) is 0 Å². The monoisotopic (exact) mass is 533 g/mol. The maximum Gasteiger partial charge on any atom is 0.433 e. The van der Waals surface area contributed by atoms with Gasteiger partial charge in [0.05, 0.1) is 17.1 Å². The van der Waals surface area contributed by atoms with E-state index in [0.717, 1.165) is 42.7 Å². The molecule has 198 valence electrons. The molecule has 0 bridgehead atoms. The molecule has 0 saturated heterocycles. The molecule has 4 aliphatic rings. The third-order valence-corrected chi connectivity index (χ3v) is 9.18. The molecule has 0 spiro atoms. The number of carbonyl (C=O) groups excluding carboxylic acids is 2. The second kappa shape index (κ2) is 8.85. The molecule has 0 aliphatic heterocycles. The number of hydrogen-bond acceptors (Lipinski definition) is 3. The maximum absolute atomic E-state index is 13.9. The molecule has 9 heteroatoms. The van der Waals surface area contributed by atoms with Crippen LogP contribution in [0.15, 0.2) is 23.8 Å². The molecule has 3 fully saturated rings. The number of nitrogens with zero attached hydrogens (tertiary/aromatic N) is 3. The third-order valence-electron chi connectivity index (χ3n) is 8.81. The molecule has 2 aromatic rings. The van der Waals surface area contributed by atoms with Crippen LogP contribution in [0, 0.1) is 23.7 Å². The number of halogens is 4. The van der Waals surface area contributed by atoms with Gasteiger partial charge in [-0.05, 0) is 92.7 Å². The van der Waals surface area contributed by atoms with Crippen LogP contribution in [0.25, 0.3) is 5.52 Å². The van der Waals surface area contributed by atoms with E-state index in [9.17, 15) is 22.8 Å².